The Hall–Kier alpha value is -7.98. The number of pyridine rings is 2. The first-order valence-corrected chi connectivity index (χ1v) is 32.1. The van der Waals surface area contributed by atoms with Crippen LogP contribution >= 0.6 is 0 Å². The van der Waals surface area contributed by atoms with Crippen LogP contribution in [0.3, 0.4) is 0 Å². The van der Waals surface area contributed by atoms with E-state index in [4.69, 9.17) is 37.9 Å². The molecule has 1 unspecified atom stereocenters. The highest BCUT2D eigenvalue weighted by atomic mass is 19.4. The zero-order chi connectivity index (χ0) is 71.2. The van der Waals surface area contributed by atoms with Crippen molar-refractivity contribution in [2.45, 2.75) is 150 Å². The Morgan fingerprint density at radius 2 is 0.896 bits per heavy atom. The number of guanidine groups is 2. The van der Waals surface area contributed by atoms with Gasteiger partial charge >= 0.3 is 24.7 Å². The molecule has 16 nitrogen and oxygen atoms in total. The molecule has 96 heavy (non-hydrogen) atoms. The van der Waals surface area contributed by atoms with E-state index < -0.39 is 66.2 Å². The summed E-state index contributed by atoms with van der Waals surface area (Å²) in [5.74, 6) is 15.2. The number of aliphatic hydroxyl groups is 1. The lowest BCUT2D eigenvalue weighted by molar-refractivity contribution is -0.144. The van der Waals surface area contributed by atoms with Gasteiger partial charge in [-0.25, -0.2) is 31.9 Å². The number of fused-ring (bicyclic) bond motifs is 2. The number of hydrazone groups is 2. The van der Waals surface area contributed by atoms with Crippen molar-refractivity contribution in [3.8, 4) is 5.75 Å². The van der Waals surface area contributed by atoms with Crippen LogP contribution in [-0.2, 0) is 50.9 Å². The number of hydrazine groups is 2. The van der Waals surface area contributed by atoms with E-state index in [0.717, 1.165) is 110 Å². The normalized spacial score (nSPS) is 15.4. The lowest BCUT2D eigenvalue weighted by Crippen LogP contribution is -2.42. The highest BCUT2D eigenvalue weighted by molar-refractivity contribution is 5.88. The topological polar surface area (TPSA) is 203 Å². The number of methoxy groups -OCH3 is 1. The molecule has 4 aliphatic rings. The van der Waals surface area contributed by atoms with Crippen molar-refractivity contribution < 1.29 is 62.5 Å². The molecule has 28 heteroatoms. The van der Waals surface area contributed by atoms with E-state index in [0.29, 0.717) is 82.0 Å². The summed E-state index contributed by atoms with van der Waals surface area (Å²) in [5.41, 5.74) is 10.3. The number of anilines is 2. The maximum Gasteiger partial charge on any atom is 0.416 e. The SMILES string of the molecule is C=C.CC.CC.COc1cccc2cc(CN(Cc3cc(C(F)(F)F)cc(C(F)(F)F)c3)/C(N)=N/N(C)N)c(N(CC3CC3)CC3CC3)nc12.Cc1cccc2cc(CN(Cc3cc(C(F)(F)F)cc(C(F)(F)F)c3)/C(N)=N/N(N)CC(C)O)c(N(CC3CC3)CC3CC3)nc12. The molecule has 4 fully saturated rings. The Morgan fingerprint density at radius 1 is 0.552 bits per heavy atom. The third kappa shape index (κ3) is 22.6. The van der Waals surface area contributed by atoms with E-state index in [-0.39, 0.29) is 54.8 Å². The summed E-state index contributed by atoms with van der Waals surface area (Å²) in [6.07, 6.45) is -12.0. The third-order valence-corrected chi connectivity index (χ3v) is 15.8. The maximum atomic E-state index is 13.7. The van der Waals surface area contributed by atoms with Crippen molar-refractivity contribution in [2.24, 2.45) is 57.0 Å². The van der Waals surface area contributed by atoms with Crippen molar-refractivity contribution in [3.05, 3.63) is 148 Å². The van der Waals surface area contributed by atoms with Crippen molar-refractivity contribution in [2.75, 3.05) is 56.7 Å². The number of aliphatic hydroxyl groups excluding tert-OH is 1. The molecule has 528 valence electrons. The number of aryl methyl sites for hydroxylation is 1. The molecule has 0 amide bonds. The minimum Gasteiger partial charge on any atom is -0.494 e. The van der Waals surface area contributed by atoms with Gasteiger partial charge in [0, 0.05) is 81.3 Å². The van der Waals surface area contributed by atoms with Crippen molar-refractivity contribution >= 4 is 45.4 Å². The van der Waals surface area contributed by atoms with Gasteiger partial charge in [0.25, 0.3) is 0 Å². The zero-order valence-corrected chi connectivity index (χ0v) is 55.6. The second kappa shape index (κ2) is 33.3. The summed E-state index contributed by atoms with van der Waals surface area (Å²) in [6, 6.07) is 18.1. The molecule has 6 aromatic rings. The van der Waals surface area contributed by atoms with Gasteiger partial charge in [0.2, 0.25) is 11.9 Å². The minimum absolute atomic E-state index is 0.0118. The quantitative estimate of drug-likeness (QED) is 0.0101. The van der Waals surface area contributed by atoms with E-state index in [1.165, 1.54) is 23.8 Å². The number of hydrogen-bond acceptors (Lipinski definition) is 12. The number of para-hydroxylation sites is 2. The first-order chi connectivity index (χ1) is 45.3. The van der Waals surface area contributed by atoms with E-state index in [2.05, 4.69) is 33.2 Å². The van der Waals surface area contributed by atoms with Gasteiger partial charge in [0.1, 0.15) is 22.9 Å². The summed E-state index contributed by atoms with van der Waals surface area (Å²) in [6.45, 7) is 19.6. The zero-order valence-electron chi connectivity index (χ0n) is 55.6. The van der Waals surface area contributed by atoms with Crippen LogP contribution in [0.15, 0.2) is 108 Å². The Kier molecular flexibility index (Phi) is 26.7. The van der Waals surface area contributed by atoms with Gasteiger partial charge in [0.15, 0.2) is 0 Å². The number of rotatable bonds is 23. The molecule has 4 aromatic carbocycles. The van der Waals surface area contributed by atoms with Crippen molar-refractivity contribution in [1.82, 2.24) is 30.0 Å². The van der Waals surface area contributed by atoms with Crippen molar-refractivity contribution in [3.63, 3.8) is 0 Å². The molecule has 0 bridgehead atoms. The van der Waals surface area contributed by atoms with Gasteiger partial charge in [-0.3, -0.25) is 0 Å². The molecule has 0 spiro atoms. The summed E-state index contributed by atoms with van der Waals surface area (Å²) < 4.78 is 170. The molecule has 1 atom stereocenters. The first-order valence-electron chi connectivity index (χ1n) is 32.1. The molecule has 4 saturated carbocycles. The molecule has 0 aliphatic heterocycles. The average Bonchev–Trinajstić information content (AvgIpc) is 0.990. The summed E-state index contributed by atoms with van der Waals surface area (Å²) in [4.78, 5) is 17.4. The molecule has 0 radical (unpaired) electrons. The Bertz CT molecular complexity index is 3470. The molecule has 0 saturated heterocycles. The second-order valence-electron chi connectivity index (χ2n) is 24.2. The van der Waals surface area contributed by atoms with Gasteiger partial charge in [-0.2, -0.15) is 52.7 Å². The van der Waals surface area contributed by atoms with Crippen LogP contribution in [0.1, 0.15) is 136 Å². The number of ether oxygens (including phenoxy) is 1. The largest absolute Gasteiger partial charge is 0.494 e. The Labute approximate surface area is 553 Å². The van der Waals surface area contributed by atoms with Gasteiger partial charge in [-0.1, -0.05) is 58.0 Å². The van der Waals surface area contributed by atoms with Crippen LogP contribution < -0.4 is 37.7 Å². The fourth-order valence-electron chi connectivity index (χ4n) is 10.7. The van der Waals surface area contributed by atoms with E-state index in [1.54, 1.807) is 7.11 Å². The number of hydrogen-bond donors (Lipinski definition) is 5. The van der Waals surface area contributed by atoms with Gasteiger partial charge in [-0.15, -0.1) is 23.4 Å². The number of nitrogens with zero attached hydrogens (tertiary/aromatic N) is 10. The van der Waals surface area contributed by atoms with Crippen LogP contribution in [0.4, 0.5) is 64.3 Å². The maximum absolute atomic E-state index is 13.7. The summed E-state index contributed by atoms with van der Waals surface area (Å²) in [5, 5.41) is 21.3. The smallest absolute Gasteiger partial charge is 0.416 e. The van der Waals surface area contributed by atoms with E-state index >= 15 is 0 Å². The Balaban J connectivity index is 0.000000282. The number of halogens is 12. The molecule has 2 heterocycles. The predicted molar refractivity (Wildman–Crippen MR) is 353 cm³/mol. The molecular weight excluding hydrogens is 1270 g/mol. The number of alkyl halides is 12. The molecular formula is C68H90F12N14O2. The lowest BCUT2D eigenvalue weighted by Gasteiger charge is -2.30. The van der Waals surface area contributed by atoms with Crippen LogP contribution in [-0.4, -0.2) is 100 Å². The monoisotopic (exact) mass is 1360 g/mol. The molecule has 9 N–H and O–H groups in total. The van der Waals surface area contributed by atoms with Gasteiger partial charge in [0.05, 0.1) is 47.5 Å². The Morgan fingerprint density at radius 3 is 1.23 bits per heavy atom. The summed E-state index contributed by atoms with van der Waals surface area (Å²) >= 11 is 0. The third-order valence-electron chi connectivity index (χ3n) is 15.8. The van der Waals surface area contributed by atoms with E-state index in [1.807, 2.05) is 83.1 Å². The highest BCUT2D eigenvalue weighted by Crippen LogP contribution is 2.43. The molecule has 2 aromatic heterocycles. The van der Waals surface area contributed by atoms with Gasteiger partial charge < -0.3 is 40.9 Å². The average molecular weight is 1360 g/mol. The van der Waals surface area contributed by atoms with Crippen LogP contribution in [0, 0.1) is 30.6 Å². The van der Waals surface area contributed by atoms with Crippen LogP contribution in [0.2, 0.25) is 0 Å². The minimum atomic E-state index is -5.01. The standard InChI is InChI=1S/C32H39F6N7O.C30H35F6N7O.2C2H6.C2H4/c1-19-4-3-5-24-12-25(29(41-28(19)24)43(15-21-6-7-21)16-22-8-9-22)18-44(30(39)42-45(40)14-20(2)46)17-23-10-26(31(33,34)35)13-27(11-23)32(36,37)38;1-41(38)40-28(37)43(16-20-10-23(29(31,32)33)13-24(11-20)30(34,35)36)17-22-12-21-4-3-5-25(44-2)26(21)39-27(22)42(14-18-6-7-18)15-19-8-9-19;3*1-2/h3-5,10-13,20-22,46H,6-9,14-18,40H2,1-2H3,(H2,39,42);3-5,10-13,18-19H,6-9,14-17,38H2,1-2H3,(H2,37,40);2*1-2H3;1-2H2. The van der Waals surface area contributed by atoms with E-state index in [9.17, 15) is 57.8 Å². The first kappa shape index (κ1) is 77.0. The van der Waals surface area contributed by atoms with Gasteiger partial charge in [-0.05, 0) is 160 Å². The van der Waals surface area contributed by atoms with Crippen LogP contribution in [0.25, 0.3) is 21.8 Å². The van der Waals surface area contributed by atoms with Crippen LogP contribution in [0.5, 0.6) is 5.75 Å². The molecule has 4 aliphatic carbocycles. The predicted octanol–water partition coefficient (Wildman–Crippen LogP) is 14.8. The number of benzene rings is 4. The number of aromatic nitrogens is 2. The fourth-order valence-corrected chi connectivity index (χ4v) is 10.7. The lowest BCUT2D eigenvalue weighted by atomic mass is 10.0. The highest BCUT2D eigenvalue weighted by Gasteiger charge is 2.40. The fraction of sp³-hybridized carbons (Fsp3) is 0.500. The summed E-state index contributed by atoms with van der Waals surface area (Å²) in [7, 11) is 2.96. The number of nitrogens with two attached hydrogens (primary N) is 4. The second-order valence-corrected chi connectivity index (χ2v) is 24.2. The molecule has 10 rings (SSSR count). The van der Waals surface area contributed by atoms with Crippen molar-refractivity contribution in [1.29, 1.82) is 0 Å².